The molecule has 25 heavy (non-hydrogen) atoms. The molecule has 7 nitrogen and oxygen atoms in total. The number of benzene rings is 1. The second-order valence-corrected chi connectivity index (χ2v) is 6.75. The second kappa shape index (κ2) is 6.37. The van der Waals surface area contributed by atoms with Crippen molar-refractivity contribution in [1.29, 1.82) is 0 Å². The van der Waals surface area contributed by atoms with Crippen molar-refractivity contribution in [2.75, 3.05) is 19.0 Å². The molecule has 2 N–H and O–H groups in total. The van der Waals surface area contributed by atoms with E-state index in [1.807, 2.05) is 0 Å². The summed E-state index contributed by atoms with van der Waals surface area (Å²) >= 11 is 1.30. The van der Waals surface area contributed by atoms with Gasteiger partial charge in [0.15, 0.2) is 5.17 Å². The lowest BCUT2D eigenvalue weighted by molar-refractivity contribution is -0.385. The van der Waals surface area contributed by atoms with Gasteiger partial charge in [0, 0.05) is 36.0 Å². The van der Waals surface area contributed by atoms with Crippen LogP contribution < -0.4 is 10.5 Å². The molecular formula is C14H14F3N3O4S. The minimum absolute atomic E-state index is 0.0195. The summed E-state index contributed by atoms with van der Waals surface area (Å²) < 4.78 is 47.9. The van der Waals surface area contributed by atoms with Crippen LogP contribution in [0.4, 0.5) is 18.9 Å². The standard InChI is InChI=1S/C14H14F3N3O4S/c15-14(16,17)24-11-2-1-9(20(21)22)5-10(11)13-7-23-4-3-8(13)6-25-12(18)19-13/h1-2,5,8H,3-4,6-7H2,(H2,18,19)/t8-,13-/m0/s1. The van der Waals surface area contributed by atoms with Crippen molar-refractivity contribution >= 4 is 22.6 Å². The number of non-ortho nitro benzene ring substituents is 1. The minimum Gasteiger partial charge on any atom is -0.405 e. The molecule has 0 aromatic heterocycles. The van der Waals surface area contributed by atoms with E-state index in [1.54, 1.807) is 0 Å². The zero-order chi connectivity index (χ0) is 18.2. The molecule has 2 aliphatic heterocycles. The van der Waals surface area contributed by atoms with E-state index in [0.29, 0.717) is 18.8 Å². The maximum Gasteiger partial charge on any atom is 0.573 e. The Bertz CT molecular complexity index is 728. The predicted molar refractivity (Wildman–Crippen MR) is 84.5 cm³/mol. The van der Waals surface area contributed by atoms with Crippen LogP contribution >= 0.6 is 11.8 Å². The molecule has 1 saturated heterocycles. The monoisotopic (exact) mass is 377 g/mol. The Hall–Kier alpha value is -2.01. The molecule has 0 spiro atoms. The Morgan fingerprint density at radius 3 is 2.92 bits per heavy atom. The molecule has 1 aromatic carbocycles. The van der Waals surface area contributed by atoms with E-state index in [9.17, 15) is 23.3 Å². The average molecular weight is 377 g/mol. The lowest BCUT2D eigenvalue weighted by Gasteiger charge is -2.44. The number of nitro benzene ring substituents is 1. The normalized spacial score (nSPS) is 26.5. The molecule has 2 heterocycles. The number of hydrogen-bond acceptors (Lipinski definition) is 7. The van der Waals surface area contributed by atoms with E-state index in [1.165, 1.54) is 11.8 Å². The number of hydrogen-bond donors (Lipinski definition) is 1. The summed E-state index contributed by atoms with van der Waals surface area (Å²) in [6.45, 7) is 0.418. The van der Waals surface area contributed by atoms with Crippen molar-refractivity contribution in [3.8, 4) is 5.75 Å². The summed E-state index contributed by atoms with van der Waals surface area (Å²) in [4.78, 5) is 14.8. The van der Waals surface area contributed by atoms with Gasteiger partial charge in [-0.25, -0.2) is 4.99 Å². The van der Waals surface area contributed by atoms with Gasteiger partial charge in [-0.2, -0.15) is 0 Å². The Kier molecular flexibility index (Phi) is 4.54. The molecule has 2 aliphatic rings. The zero-order valence-electron chi connectivity index (χ0n) is 12.8. The first-order valence-corrected chi connectivity index (χ1v) is 8.30. The van der Waals surface area contributed by atoms with Gasteiger partial charge in [0.05, 0.1) is 11.5 Å². The molecule has 2 atom stereocenters. The maximum atomic E-state index is 12.8. The highest BCUT2D eigenvalue weighted by molar-refractivity contribution is 8.13. The number of ether oxygens (including phenoxy) is 2. The first-order valence-electron chi connectivity index (χ1n) is 7.32. The summed E-state index contributed by atoms with van der Waals surface area (Å²) in [7, 11) is 0. The van der Waals surface area contributed by atoms with Gasteiger partial charge in [-0.05, 0) is 12.5 Å². The number of nitrogens with two attached hydrogens (primary N) is 1. The van der Waals surface area contributed by atoms with Crippen molar-refractivity contribution in [2.45, 2.75) is 18.3 Å². The number of amidine groups is 1. The molecular weight excluding hydrogens is 363 g/mol. The van der Waals surface area contributed by atoms with Crippen LogP contribution in [-0.2, 0) is 10.3 Å². The van der Waals surface area contributed by atoms with E-state index < -0.39 is 22.6 Å². The van der Waals surface area contributed by atoms with Gasteiger partial charge < -0.3 is 15.2 Å². The quantitative estimate of drug-likeness (QED) is 0.642. The third kappa shape index (κ3) is 3.52. The number of aliphatic imine (C=N–C) groups is 1. The SMILES string of the molecule is NC1=N[C@@]2(c3cc([N+](=O)[O-])ccc3OC(F)(F)F)COCC[C@H]2CS1. The van der Waals surface area contributed by atoms with Crippen LogP contribution in [0.1, 0.15) is 12.0 Å². The lowest BCUT2D eigenvalue weighted by Crippen LogP contribution is -2.47. The van der Waals surface area contributed by atoms with Gasteiger partial charge in [-0.3, -0.25) is 10.1 Å². The topological polar surface area (TPSA) is 100.0 Å². The van der Waals surface area contributed by atoms with Gasteiger partial charge in [-0.15, -0.1) is 13.2 Å². The fourth-order valence-corrected chi connectivity index (χ4v) is 4.15. The Labute approximate surface area is 144 Å². The molecule has 11 heteroatoms. The lowest BCUT2D eigenvalue weighted by atomic mass is 9.76. The Morgan fingerprint density at radius 2 is 2.24 bits per heavy atom. The van der Waals surface area contributed by atoms with Crippen molar-refractivity contribution in [1.82, 2.24) is 0 Å². The van der Waals surface area contributed by atoms with Crippen molar-refractivity contribution in [3.05, 3.63) is 33.9 Å². The Morgan fingerprint density at radius 1 is 1.48 bits per heavy atom. The van der Waals surface area contributed by atoms with Gasteiger partial charge in [-0.1, -0.05) is 11.8 Å². The van der Waals surface area contributed by atoms with Crippen molar-refractivity contribution in [3.63, 3.8) is 0 Å². The molecule has 136 valence electrons. The van der Waals surface area contributed by atoms with E-state index in [-0.39, 0.29) is 28.9 Å². The fourth-order valence-electron chi connectivity index (χ4n) is 3.11. The van der Waals surface area contributed by atoms with Gasteiger partial charge in [0.1, 0.15) is 11.3 Å². The zero-order valence-corrected chi connectivity index (χ0v) is 13.6. The van der Waals surface area contributed by atoms with Crippen LogP contribution in [-0.4, -0.2) is 35.4 Å². The van der Waals surface area contributed by atoms with Crippen molar-refractivity contribution < 1.29 is 27.6 Å². The van der Waals surface area contributed by atoms with Crippen molar-refractivity contribution in [2.24, 2.45) is 16.6 Å². The number of alkyl halides is 3. The summed E-state index contributed by atoms with van der Waals surface area (Å²) in [5.41, 5.74) is 4.18. The molecule has 3 rings (SSSR count). The number of halogens is 3. The summed E-state index contributed by atoms with van der Waals surface area (Å²) in [5.74, 6) is -0.166. The average Bonchev–Trinajstić information content (AvgIpc) is 2.53. The number of thioether (sulfide) groups is 1. The molecule has 1 fully saturated rings. The van der Waals surface area contributed by atoms with E-state index in [0.717, 1.165) is 18.2 Å². The third-order valence-electron chi connectivity index (χ3n) is 4.22. The van der Waals surface area contributed by atoms with Crippen LogP contribution in [0.2, 0.25) is 0 Å². The van der Waals surface area contributed by atoms with Crippen LogP contribution in [0.25, 0.3) is 0 Å². The highest BCUT2D eigenvalue weighted by Gasteiger charge is 2.49. The van der Waals surface area contributed by atoms with Gasteiger partial charge in [0.25, 0.3) is 5.69 Å². The maximum absolute atomic E-state index is 12.8. The summed E-state index contributed by atoms with van der Waals surface area (Å²) in [5, 5.41) is 11.3. The first-order chi connectivity index (χ1) is 11.7. The fraction of sp³-hybridized carbons (Fsp3) is 0.500. The number of fused-ring (bicyclic) bond motifs is 1. The highest BCUT2D eigenvalue weighted by atomic mass is 32.2. The smallest absolute Gasteiger partial charge is 0.405 e. The first kappa shape index (κ1) is 17.8. The van der Waals surface area contributed by atoms with Crippen LogP contribution in [0.15, 0.2) is 23.2 Å². The minimum atomic E-state index is -4.94. The van der Waals surface area contributed by atoms with Crippen LogP contribution in [0, 0.1) is 16.0 Å². The van der Waals surface area contributed by atoms with Gasteiger partial charge in [0.2, 0.25) is 0 Å². The van der Waals surface area contributed by atoms with E-state index in [4.69, 9.17) is 10.5 Å². The predicted octanol–water partition coefficient (Wildman–Crippen LogP) is 2.79. The molecule has 0 aliphatic carbocycles. The summed E-state index contributed by atoms with van der Waals surface area (Å²) in [6, 6.07) is 2.97. The molecule has 0 unspecified atom stereocenters. The number of rotatable bonds is 3. The van der Waals surface area contributed by atoms with Gasteiger partial charge >= 0.3 is 6.36 Å². The molecule has 0 bridgehead atoms. The summed E-state index contributed by atoms with van der Waals surface area (Å²) in [6.07, 6.45) is -4.39. The van der Waals surface area contributed by atoms with Crippen LogP contribution in [0.5, 0.6) is 5.75 Å². The molecule has 1 aromatic rings. The molecule has 0 amide bonds. The second-order valence-electron chi connectivity index (χ2n) is 5.71. The van der Waals surface area contributed by atoms with E-state index >= 15 is 0 Å². The van der Waals surface area contributed by atoms with E-state index in [2.05, 4.69) is 9.73 Å². The largest absolute Gasteiger partial charge is 0.573 e. The number of nitro groups is 1. The molecule has 0 radical (unpaired) electrons. The molecule has 0 saturated carbocycles. The Balaban J connectivity index is 2.19. The highest BCUT2D eigenvalue weighted by Crippen LogP contribution is 2.48. The third-order valence-corrected chi connectivity index (χ3v) is 5.17. The number of nitrogens with zero attached hydrogens (tertiary/aromatic N) is 2. The van der Waals surface area contributed by atoms with Crippen LogP contribution in [0.3, 0.4) is 0 Å².